The molecule has 3 nitrogen and oxygen atoms in total. The van der Waals surface area contributed by atoms with E-state index in [4.69, 9.17) is 4.74 Å². The number of rotatable bonds is 3. The van der Waals surface area contributed by atoms with Crippen LogP contribution in [0.3, 0.4) is 0 Å². The summed E-state index contributed by atoms with van der Waals surface area (Å²) in [5, 5.41) is 3.85. The first-order valence-corrected chi connectivity index (χ1v) is 8.97. The van der Waals surface area contributed by atoms with Crippen LogP contribution in [0.1, 0.15) is 57.8 Å². The molecule has 1 aliphatic carbocycles. The van der Waals surface area contributed by atoms with Gasteiger partial charge in [-0.1, -0.05) is 19.3 Å². The van der Waals surface area contributed by atoms with Gasteiger partial charge in [-0.2, -0.15) is 0 Å². The van der Waals surface area contributed by atoms with Gasteiger partial charge in [-0.05, 0) is 57.5 Å². The highest BCUT2D eigenvalue weighted by atomic mass is 16.5. The summed E-state index contributed by atoms with van der Waals surface area (Å²) in [4.78, 5) is 2.63. The topological polar surface area (TPSA) is 24.5 Å². The molecule has 1 saturated carbocycles. The third-order valence-corrected chi connectivity index (χ3v) is 6.37. The second kappa shape index (κ2) is 5.58. The van der Waals surface area contributed by atoms with Crippen LogP contribution in [-0.4, -0.2) is 48.8 Å². The minimum absolute atomic E-state index is 0.291. The molecule has 3 heteroatoms. The van der Waals surface area contributed by atoms with Crippen LogP contribution >= 0.6 is 0 Å². The van der Waals surface area contributed by atoms with Crippen molar-refractivity contribution < 1.29 is 4.74 Å². The average Bonchev–Trinajstić information content (AvgIpc) is 2.90. The SMILES string of the molecule is C1CCC2(CC1)CCC(CNC1CN3CCC1CC3)O2. The number of piperidine rings is 3. The predicted molar refractivity (Wildman–Crippen MR) is 80.9 cm³/mol. The third-order valence-electron chi connectivity index (χ3n) is 6.37. The van der Waals surface area contributed by atoms with E-state index in [0.717, 1.165) is 18.5 Å². The van der Waals surface area contributed by atoms with Crippen molar-refractivity contribution in [1.29, 1.82) is 0 Å². The van der Waals surface area contributed by atoms with Crippen LogP contribution in [0, 0.1) is 5.92 Å². The predicted octanol–water partition coefficient (Wildman–Crippen LogP) is 2.55. The number of nitrogens with zero attached hydrogens (tertiary/aromatic N) is 1. The molecule has 0 aromatic heterocycles. The van der Waals surface area contributed by atoms with E-state index in [-0.39, 0.29) is 0 Å². The van der Waals surface area contributed by atoms with E-state index in [0.29, 0.717) is 11.7 Å². The zero-order valence-electron chi connectivity index (χ0n) is 12.8. The third kappa shape index (κ3) is 2.65. The van der Waals surface area contributed by atoms with Crippen LogP contribution in [0.4, 0.5) is 0 Å². The molecule has 2 bridgehead atoms. The molecule has 5 fully saturated rings. The summed E-state index contributed by atoms with van der Waals surface area (Å²) in [6.07, 6.45) is 12.8. The number of fused-ring (bicyclic) bond motifs is 3. The van der Waals surface area contributed by atoms with Crippen LogP contribution in [0.2, 0.25) is 0 Å². The Labute approximate surface area is 123 Å². The zero-order valence-corrected chi connectivity index (χ0v) is 12.8. The summed E-state index contributed by atoms with van der Waals surface area (Å²) in [5.74, 6) is 0.935. The molecular formula is C17H30N2O. The van der Waals surface area contributed by atoms with Gasteiger partial charge in [0.25, 0.3) is 0 Å². The maximum absolute atomic E-state index is 6.48. The molecule has 114 valence electrons. The fraction of sp³-hybridized carbons (Fsp3) is 1.00. The molecule has 1 N–H and O–H groups in total. The molecule has 20 heavy (non-hydrogen) atoms. The Morgan fingerprint density at radius 2 is 1.80 bits per heavy atom. The van der Waals surface area contributed by atoms with E-state index in [2.05, 4.69) is 10.2 Å². The highest BCUT2D eigenvalue weighted by Crippen LogP contribution is 2.41. The summed E-state index contributed by atoms with van der Waals surface area (Å²) in [6, 6.07) is 0.740. The van der Waals surface area contributed by atoms with E-state index in [1.807, 2.05) is 0 Å². The van der Waals surface area contributed by atoms with Gasteiger partial charge in [0.1, 0.15) is 0 Å². The van der Waals surface area contributed by atoms with Crippen molar-refractivity contribution in [2.75, 3.05) is 26.2 Å². The van der Waals surface area contributed by atoms with Crippen LogP contribution in [0.15, 0.2) is 0 Å². The highest BCUT2D eigenvalue weighted by Gasteiger charge is 2.41. The van der Waals surface area contributed by atoms with Gasteiger partial charge in [-0.15, -0.1) is 0 Å². The fourth-order valence-corrected chi connectivity index (χ4v) is 5.08. The van der Waals surface area contributed by atoms with E-state index in [1.165, 1.54) is 77.4 Å². The van der Waals surface area contributed by atoms with Crippen molar-refractivity contribution in [2.24, 2.45) is 5.92 Å². The minimum Gasteiger partial charge on any atom is -0.370 e. The number of nitrogens with one attached hydrogen (secondary N) is 1. The first-order chi connectivity index (χ1) is 9.83. The molecule has 0 aromatic carbocycles. The van der Waals surface area contributed by atoms with Gasteiger partial charge >= 0.3 is 0 Å². The van der Waals surface area contributed by atoms with Crippen molar-refractivity contribution in [3.8, 4) is 0 Å². The van der Waals surface area contributed by atoms with Crippen molar-refractivity contribution in [2.45, 2.75) is 75.5 Å². The molecule has 2 unspecified atom stereocenters. The Bertz CT molecular complexity index is 332. The van der Waals surface area contributed by atoms with Gasteiger partial charge in [0.15, 0.2) is 0 Å². The van der Waals surface area contributed by atoms with Crippen molar-refractivity contribution in [3.63, 3.8) is 0 Å². The summed E-state index contributed by atoms with van der Waals surface area (Å²) in [7, 11) is 0. The van der Waals surface area contributed by atoms with Gasteiger partial charge in [-0.25, -0.2) is 0 Å². The average molecular weight is 278 g/mol. The Kier molecular flexibility index (Phi) is 3.78. The van der Waals surface area contributed by atoms with E-state index in [1.54, 1.807) is 0 Å². The standard InChI is InChI=1S/C17H30N2O/c1-2-7-17(8-3-1)9-4-15(20-17)12-18-16-13-19-10-5-14(16)6-11-19/h14-16,18H,1-13H2. The molecule has 0 radical (unpaired) electrons. The van der Waals surface area contributed by atoms with Crippen LogP contribution in [0.5, 0.6) is 0 Å². The molecule has 4 saturated heterocycles. The van der Waals surface area contributed by atoms with Crippen LogP contribution in [0.25, 0.3) is 0 Å². The fourth-order valence-electron chi connectivity index (χ4n) is 5.08. The first kappa shape index (κ1) is 13.5. The highest BCUT2D eigenvalue weighted by molar-refractivity contribution is 4.94. The lowest BCUT2D eigenvalue weighted by Gasteiger charge is -2.45. The number of ether oxygens (including phenoxy) is 1. The largest absolute Gasteiger partial charge is 0.370 e. The van der Waals surface area contributed by atoms with Gasteiger partial charge in [0.05, 0.1) is 11.7 Å². The van der Waals surface area contributed by atoms with Crippen LogP contribution < -0.4 is 5.32 Å². The lowest BCUT2D eigenvalue weighted by Crippen LogP contribution is -2.57. The monoisotopic (exact) mass is 278 g/mol. The van der Waals surface area contributed by atoms with Crippen molar-refractivity contribution in [3.05, 3.63) is 0 Å². The van der Waals surface area contributed by atoms with Gasteiger partial charge in [0.2, 0.25) is 0 Å². The van der Waals surface area contributed by atoms with Crippen molar-refractivity contribution >= 4 is 0 Å². The maximum Gasteiger partial charge on any atom is 0.0708 e. The van der Waals surface area contributed by atoms with E-state index >= 15 is 0 Å². The molecule has 4 heterocycles. The molecular weight excluding hydrogens is 248 g/mol. The summed E-state index contributed by atoms with van der Waals surface area (Å²) in [5.41, 5.74) is 0.291. The Hall–Kier alpha value is -0.120. The van der Waals surface area contributed by atoms with Gasteiger partial charge < -0.3 is 15.0 Å². The normalized spacial score (nSPS) is 43.2. The summed E-state index contributed by atoms with van der Waals surface area (Å²) in [6.45, 7) is 5.05. The molecule has 2 atom stereocenters. The van der Waals surface area contributed by atoms with Crippen molar-refractivity contribution in [1.82, 2.24) is 10.2 Å². The summed E-state index contributed by atoms with van der Waals surface area (Å²) >= 11 is 0. The Balaban J connectivity index is 1.26. The molecule has 5 aliphatic rings. The Morgan fingerprint density at radius 1 is 1.00 bits per heavy atom. The number of hydrogen-bond donors (Lipinski definition) is 1. The maximum atomic E-state index is 6.48. The smallest absolute Gasteiger partial charge is 0.0708 e. The minimum atomic E-state index is 0.291. The summed E-state index contributed by atoms with van der Waals surface area (Å²) < 4.78 is 6.48. The number of hydrogen-bond acceptors (Lipinski definition) is 3. The molecule has 0 amide bonds. The quantitative estimate of drug-likeness (QED) is 0.858. The molecule has 5 rings (SSSR count). The molecule has 4 aliphatic heterocycles. The Morgan fingerprint density at radius 3 is 2.50 bits per heavy atom. The van der Waals surface area contributed by atoms with Gasteiger partial charge in [0, 0.05) is 19.1 Å². The lowest BCUT2D eigenvalue weighted by atomic mass is 9.83. The molecule has 1 spiro atoms. The molecule has 0 aromatic rings. The van der Waals surface area contributed by atoms with Gasteiger partial charge in [-0.3, -0.25) is 0 Å². The van der Waals surface area contributed by atoms with E-state index in [9.17, 15) is 0 Å². The lowest BCUT2D eigenvalue weighted by molar-refractivity contribution is -0.0647. The van der Waals surface area contributed by atoms with Crippen LogP contribution in [-0.2, 0) is 4.74 Å². The second-order valence-corrected chi connectivity index (χ2v) is 7.67. The van der Waals surface area contributed by atoms with E-state index < -0.39 is 0 Å². The second-order valence-electron chi connectivity index (χ2n) is 7.67. The zero-order chi connectivity index (χ0) is 13.4. The first-order valence-electron chi connectivity index (χ1n) is 8.97.